The zero-order chi connectivity index (χ0) is 19.4. The maximum absolute atomic E-state index is 10.2. The molecule has 0 aliphatic heterocycles. The van der Waals surface area contributed by atoms with Crippen LogP contribution < -0.4 is 71.2 Å². The smallest absolute Gasteiger partial charge is 0.822 e. The largest absolute Gasteiger partial charge is 1.00 e. The van der Waals surface area contributed by atoms with Gasteiger partial charge in [0.1, 0.15) is 0 Å². The van der Waals surface area contributed by atoms with E-state index in [-0.39, 0.29) is 57.8 Å². The van der Waals surface area contributed by atoms with E-state index in [1.54, 1.807) is 0 Å². The first kappa shape index (κ1) is 31.9. The van der Waals surface area contributed by atoms with Crippen LogP contribution in [0, 0.1) is 0 Å². The maximum atomic E-state index is 10.2. The van der Waals surface area contributed by atoms with Crippen LogP contribution >= 0.6 is 7.82 Å². The third kappa shape index (κ3) is 44.6. The summed E-state index contributed by atoms with van der Waals surface area (Å²) < 4.78 is 8.55. The number of hydrogen-bond acceptors (Lipinski definition) is 6. The van der Waals surface area contributed by atoms with Gasteiger partial charge in [-0.1, -0.05) is 96.8 Å². The Morgan fingerprint density at radius 2 is 0.885 bits per heavy atom. The Kier molecular flexibility index (Phi) is 29.8. The molecule has 0 aliphatic rings. The van der Waals surface area contributed by atoms with E-state index in [1.165, 1.54) is 83.5 Å². The summed E-state index contributed by atoms with van der Waals surface area (Å²) in [6, 6.07) is 0. The molecule has 0 bridgehead atoms. The number of rotatable bonds is 16. The molecule has 26 heavy (non-hydrogen) atoms. The number of unbranched alkanes of at least 4 members (excludes halogenated alkanes) is 14. The van der Waals surface area contributed by atoms with Crippen molar-refractivity contribution in [2.24, 2.45) is 0 Å². The van der Waals surface area contributed by atoms with Crippen molar-refractivity contribution in [1.29, 1.82) is 0 Å². The van der Waals surface area contributed by atoms with Gasteiger partial charge < -0.3 is 29.1 Å². The van der Waals surface area contributed by atoms with E-state index < -0.39 is 13.8 Å². The first-order chi connectivity index (χ1) is 11.8. The average Bonchev–Trinajstić information content (AvgIpc) is 2.49. The summed E-state index contributed by atoms with van der Waals surface area (Å²) in [6.45, 7) is 2.27. The molecular formula is C18H35KO6P-3. The molecule has 0 saturated carbocycles. The minimum Gasteiger partial charge on any atom is -0.822 e. The van der Waals surface area contributed by atoms with Crippen LogP contribution in [0.2, 0.25) is 0 Å². The van der Waals surface area contributed by atoms with Crippen molar-refractivity contribution in [3.05, 3.63) is 0 Å². The van der Waals surface area contributed by atoms with E-state index in [0.29, 0.717) is 0 Å². The van der Waals surface area contributed by atoms with Crippen molar-refractivity contribution in [2.45, 2.75) is 110 Å². The van der Waals surface area contributed by atoms with Gasteiger partial charge in [0.25, 0.3) is 0 Å². The summed E-state index contributed by atoms with van der Waals surface area (Å²) in [7, 11) is -5.39. The zero-order valence-corrected chi connectivity index (χ0v) is 20.7. The molecule has 8 heteroatoms. The second-order valence-electron chi connectivity index (χ2n) is 6.52. The first-order valence-corrected chi connectivity index (χ1v) is 11.2. The molecule has 6 nitrogen and oxygen atoms in total. The number of aliphatic carboxylic acids is 1. The van der Waals surface area contributed by atoms with Crippen molar-refractivity contribution in [2.75, 3.05) is 0 Å². The van der Waals surface area contributed by atoms with Crippen LogP contribution in [0.5, 0.6) is 0 Å². The quantitative estimate of drug-likeness (QED) is 0.183. The van der Waals surface area contributed by atoms with E-state index in [1.807, 2.05) is 0 Å². The van der Waals surface area contributed by atoms with Gasteiger partial charge in [0.15, 0.2) is 0 Å². The molecule has 0 aromatic rings. The van der Waals surface area contributed by atoms with Crippen LogP contribution in [0.1, 0.15) is 110 Å². The molecule has 0 atom stereocenters. The average molecular weight is 418 g/mol. The number of hydrogen-bond donors (Lipinski definition) is 0. The van der Waals surface area contributed by atoms with Crippen LogP contribution in [0.4, 0.5) is 0 Å². The van der Waals surface area contributed by atoms with Crippen LogP contribution in [0.25, 0.3) is 0 Å². The summed E-state index contributed by atoms with van der Waals surface area (Å²) in [4.78, 5) is 35.9. The van der Waals surface area contributed by atoms with Crippen LogP contribution in [-0.4, -0.2) is 5.97 Å². The van der Waals surface area contributed by atoms with Crippen LogP contribution in [-0.2, 0) is 9.36 Å². The molecule has 0 unspecified atom stereocenters. The van der Waals surface area contributed by atoms with Crippen molar-refractivity contribution in [3.8, 4) is 0 Å². The van der Waals surface area contributed by atoms with Gasteiger partial charge in [-0.2, -0.15) is 7.82 Å². The van der Waals surface area contributed by atoms with E-state index in [2.05, 4.69) is 6.92 Å². The molecule has 0 N–H and O–H groups in total. The minimum atomic E-state index is -5.39. The van der Waals surface area contributed by atoms with E-state index in [0.717, 1.165) is 12.8 Å². The molecule has 0 amide bonds. The standard InChI is InChI=1S/C18H36O2.K.H3O4P/c1-2-3-4-5-6-7-8-9-10-11-12-13-14-15-16-17-18(19)20;;1-5(2,3)4/h2-17H2,1H3,(H,19,20);;(H3,1,2,3,4)/q;+1;/p-4. The van der Waals surface area contributed by atoms with Gasteiger partial charge in [-0.3, -0.25) is 0 Å². The van der Waals surface area contributed by atoms with Gasteiger partial charge in [0.2, 0.25) is 0 Å². The van der Waals surface area contributed by atoms with Crippen molar-refractivity contribution in [3.63, 3.8) is 0 Å². The second-order valence-corrected chi connectivity index (χ2v) is 7.41. The fourth-order valence-corrected chi connectivity index (χ4v) is 2.64. The SMILES string of the molecule is CCCCCCCCCCCCCCCCCC(=O)[O-].O=P([O-])([O-])[O-].[K+]. The predicted octanol–water partition coefficient (Wildman–Crippen LogP) is -0.823. The molecule has 0 spiro atoms. The van der Waals surface area contributed by atoms with E-state index >= 15 is 0 Å². The van der Waals surface area contributed by atoms with Gasteiger partial charge in [-0.15, -0.1) is 0 Å². The first-order valence-electron chi connectivity index (χ1n) is 9.70. The monoisotopic (exact) mass is 417 g/mol. The molecule has 0 radical (unpaired) electrons. The van der Waals surface area contributed by atoms with Crippen molar-refractivity contribution < 1.29 is 80.5 Å². The van der Waals surface area contributed by atoms with E-state index in [9.17, 15) is 9.90 Å². The summed E-state index contributed by atoms with van der Waals surface area (Å²) in [5, 5.41) is 10.2. The van der Waals surface area contributed by atoms with Crippen molar-refractivity contribution >= 4 is 13.8 Å². The second kappa shape index (κ2) is 24.3. The Morgan fingerprint density at radius 1 is 0.654 bits per heavy atom. The number of carboxylic acids is 1. The number of carbonyl (C=O) groups is 1. The molecule has 152 valence electrons. The number of carbonyl (C=O) groups excluding carboxylic acids is 1. The van der Waals surface area contributed by atoms with Crippen LogP contribution in [0.15, 0.2) is 0 Å². The molecule has 0 aromatic heterocycles. The molecule has 0 fully saturated rings. The summed E-state index contributed by atoms with van der Waals surface area (Å²) >= 11 is 0. The van der Waals surface area contributed by atoms with Crippen LogP contribution in [0.3, 0.4) is 0 Å². The minimum absolute atomic E-state index is 0. The molecule has 0 heterocycles. The van der Waals surface area contributed by atoms with E-state index in [4.69, 9.17) is 19.2 Å². The van der Waals surface area contributed by atoms with Gasteiger partial charge in [0, 0.05) is 5.97 Å². The molecular weight excluding hydrogens is 382 g/mol. The number of phosphoric acid groups is 1. The molecule has 0 aromatic carbocycles. The Morgan fingerprint density at radius 3 is 1.12 bits per heavy atom. The maximum Gasteiger partial charge on any atom is 1.00 e. The normalized spacial score (nSPS) is 10.6. The van der Waals surface area contributed by atoms with Gasteiger partial charge in [-0.05, 0) is 12.8 Å². The summed E-state index contributed by atoms with van der Waals surface area (Å²) in [6.07, 6.45) is 19.9. The van der Waals surface area contributed by atoms with Gasteiger partial charge >= 0.3 is 51.4 Å². The van der Waals surface area contributed by atoms with Crippen molar-refractivity contribution in [1.82, 2.24) is 0 Å². The molecule has 0 aliphatic carbocycles. The Labute approximate surface area is 202 Å². The Bertz CT molecular complexity index is 327. The number of carboxylic acid groups (broad SMARTS) is 1. The zero-order valence-electron chi connectivity index (χ0n) is 16.7. The van der Waals surface area contributed by atoms with Gasteiger partial charge in [-0.25, -0.2) is 0 Å². The summed E-state index contributed by atoms with van der Waals surface area (Å²) in [5.74, 6) is -0.903. The third-order valence-corrected chi connectivity index (χ3v) is 3.98. The fourth-order valence-electron chi connectivity index (χ4n) is 2.64. The third-order valence-electron chi connectivity index (χ3n) is 3.98. The Hall–Kier alpha value is 1.22. The van der Waals surface area contributed by atoms with Gasteiger partial charge in [0.05, 0.1) is 0 Å². The molecule has 0 rings (SSSR count). The summed E-state index contributed by atoms with van der Waals surface area (Å²) in [5.41, 5.74) is 0. The predicted molar refractivity (Wildman–Crippen MR) is 92.2 cm³/mol. The Balaban J connectivity index is -0.000000772. The molecule has 0 saturated heterocycles. The topological polar surface area (TPSA) is 126 Å². The fraction of sp³-hybridized carbons (Fsp3) is 0.944.